The largest absolute Gasteiger partial charge is 0.493 e. The fourth-order valence-electron chi connectivity index (χ4n) is 3.26. The van der Waals surface area contributed by atoms with E-state index in [1.807, 2.05) is 36.4 Å². The predicted molar refractivity (Wildman–Crippen MR) is 143 cm³/mol. The Morgan fingerprint density at radius 1 is 1.14 bits per heavy atom. The maximum Gasteiger partial charge on any atom is 0.267 e. The van der Waals surface area contributed by atoms with Gasteiger partial charge in [0.25, 0.3) is 5.91 Å². The van der Waals surface area contributed by atoms with Crippen molar-refractivity contribution >= 4 is 57.8 Å². The van der Waals surface area contributed by atoms with Gasteiger partial charge >= 0.3 is 0 Å². The summed E-state index contributed by atoms with van der Waals surface area (Å²) in [7, 11) is 1.57. The number of methoxy groups -OCH3 is 1. The molecule has 1 aliphatic rings. The molecule has 0 aliphatic carbocycles. The summed E-state index contributed by atoms with van der Waals surface area (Å²) in [5.74, 6) is 0.946. The van der Waals surface area contributed by atoms with E-state index < -0.39 is 0 Å². The maximum absolute atomic E-state index is 13.1. The number of ether oxygens (including phenoxy) is 2. The molecule has 0 radical (unpaired) electrons. The van der Waals surface area contributed by atoms with E-state index in [0.29, 0.717) is 50.5 Å². The number of benzene rings is 2. The number of amidine groups is 1. The van der Waals surface area contributed by atoms with Gasteiger partial charge in [0.2, 0.25) is 0 Å². The topological polar surface area (TPSA) is 64.0 Å². The quantitative estimate of drug-likeness (QED) is 0.240. The predicted octanol–water partition coefficient (Wildman–Crippen LogP) is 6.77. The van der Waals surface area contributed by atoms with Crippen LogP contribution in [0.4, 0.5) is 5.69 Å². The number of thioether (sulfide) groups is 1. The third kappa shape index (κ3) is 5.88. The molecule has 0 unspecified atom stereocenters. The summed E-state index contributed by atoms with van der Waals surface area (Å²) in [6.07, 6.45) is 6.56. The van der Waals surface area contributed by atoms with Gasteiger partial charge in [0, 0.05) is 29.5 Å². The Morgan fingerprint density at radius 3 is 2.71 bits per heavy atom. The number of aliphatic imine (C=N–C) groups is 1. The second-order valence-electron chi connectivity index (χ2n) is 7.33. The Balaban J connectivity index is 1.58. The first kappa shape index (κ1) is 24.9. The van der Waals surface area contributed by atoms with Crippen LogP contribution >= 0.6 is 35.0 Å². The van der Waals surface area contributed by atoms with Crippen molar-refractivity contribution in [3.05, 3.63) is 99.7 Å². The third-order valence-electron chi connectivity index (χ3n) is 4.99. The van der Waals surface area contributed by atoms with Crippen LogP contribution in [0, 0.1) is 0 Å². The first-order valence-electron chi connectivity index (χ1n) is 10.5. The fourth-order valence-corrected chi connectivity index (χ4v) is 4.61. The van der Waals surface area contributed by atoms with Crippen LogP contribution in [-0.2, 0) is 11.4 Å². The van der Waals surface area contributed by atoms with Crippen molar-refractivity contribution in [2.75, 3.05) is 13.7 Å². The lowest BCUT2D eigenvalue weighted by Crippen LogP contribution is -2.29. The molecular weight excluding hydrogens is 505 g/mol. The van der Waals surface area contributed by atoms with Crippen molar-refractivity contribution in [3.8, 4) is 11.5 Å². The minimum atomic E-state index is -0.170. The first-order chi connectivity index (χ1) is 17.0. The smallest absolute Gasteiger partial charge is 0.267 e. The zero-order valence-corrected chi connectivity index (χ0v) is 21.1. The number of hydrogen-bond acceptors (Lipinski definition) is 6. The zero-order chi connectivity index (χ0) is 24.8. The highest BCUT2D eigenvalue weighted by atomic mass is 35.5. The van der Waals surface area contributed by atoms with Crippen LogP contribution in [0.2, 0.25) is 10.0 Å². The van der Waals surface area contributed by atoms with Crippen LogP contribution in [0.15, 0.2) is 83.5 Å². The van der Waals surface area contributed by atoms with Gasteiger partial charge in [-0.1, -0.05) is 53.5 Å². The van der Waals surface area contributed by atoms with Crippen LogP contribution in [0.3, 0.4) is 0 Å². The molecule has 1 aliphatic heterocycles. The standard InChI is InChI=1S/C26H21Cl2N3O3S/c1-3-12-31-25(32)24(35-26(31)30-21-10-11-29-15-20(21)28)14-17-8-9-22(23(13-17)33-2)34-16-18-6-4-5-7-19(18)27/h3-11,13-15H,1,12,16H2,2H3/b24-14-,30-26?. The monoisotopic (exact) mass is 525 g/mol. The van der Waals surface area contributed by atoms with Crippen molar-refractivity contribution in [2.24, 2.45) is 4.99 Å². The lowest BCUT2D eigenvalue weighted by molar-refractivity contribution is -0.121. The molecule has 35 heavy (non-hydrogen) atoms. The molecule has 1 amide bonds. The van der Waals surface area contributed by atoms with Crippen LogP contribution in [0.1, 0.15) is 11.1 Å². The van der Waals surface area contributed by atoms with E-state index in [1.54, 1.807) is 42.5 Å². The number of rotatable bonds is 8. The molecule has 1 saturated heterocycles. The highest BCUT2D eigenvalue weighted by Gasteiger charge is 2.32. The normalized spacial score (nSPS) is 15.6. The number of carbonyl (C=O) groups excluding carboxylic acids is 1. The number of pyridine rings is 1. The van der Waals surface area contributed by atoms with E-state index in [4.69, 9.17) is 32.7 Å². The van der Waals surface area contributed by atoms with Crippen molar-refractivity contribution < 1.29 is 14.3 Å². The molecule has 2 heterocycles. The van der Waals surface area contributed by atoms with Crippen LogP contribution in [0.5, 0.6) is 11.5 Å². The molecular formula is C26H21Cl2N3O3S. The summed E-state index contributed by atoms with van der Waals surface area (Å²) in [4.78, 5) is 23.7. The number of aromatic nitrogens is 1. The summed E-state index contributed by atoms with van der Waals surface area (Å²) in [6, 6.07) is 14.7. The molecule has 0 atom stereocenters. The third-order valence-corrected chi connectivity index (χ3v) is 6.66. The van der Waals surface area contributed by atoms with Crippen LogP contribution in [0.25, 0.3) is 6.08 Å². The average Bonchev–Trinajstić information content (AvgIpc) is 3.14. The second kappa shape index (κ2) is 11.4. The van der Waals surface area contributed by atoms with Gasteiger partial charge in [-0.3, -0.25) is 14.7 Å². The molecule has 6 nitrogen and oxygen atoms in total. The van der Waals surface area contributed by atoms with E-state index in [1.165, 1.54) is 18.0 Å². The lowest BCUT2D eigenvalue weighted by atomic mass is 10.1. The fraction of sp³-hybridized carbons (Fsp3) is 0.115. The van der Waals surface area contributed by atoms with Crippen molar-refractivity contribution in [1.29, 1.82) is 0 Å². The Bertz CT molecular complexity index is 1330. The first-order valence-corrected chi connectivity index (χ1v) is 12.1. The zero-order valence-electron chi connectivity index (χ0n) is 18.8. The van der Waals surface area contributed by atoms with Gasteiger partial charge in [-0.05, 0) is 47.7 Å². The summed E-state index contributed by atoms with van der Waals surface area (Å²) < 4.78 is 11.4. The van der Waals surface area contributed by atoms with E-state index >= 15 is 0 Å². The molecule has 0 saturated carbocycles. The number of nitrogens with zero attached hydrogens (tertiary/aromatic N) is 3. The number of amides is 1. The number of carbonyl (C=O) groups is 1. The van der Waals surface area contributed by atoms with Crippen molar-refractivity contribution in [1.82, 2.24) is 9.88 Å². The van der Waals surface area contributed by atoms with Gasteiger partial charge in [0.1, 0.15) is 6.61 Å². The Morgan fingerprint density at radius 2 is 1.97 bits per heavy atom. The van der Waals surface area contributed by atoms with Gasteiger partial charge in [0.15, 0.2) is 16.7 Å². The highest BCUT2D eigenvalue weighted by Crippen LogP contribution is 2.37. The molecule has 1 aromatic heterocycles. The summed E-state index contributed by atoms with van der Waals surface area (Å²) in [6.45, 7) is 4.38. The molecule has 1 fully saturated rings. The van der Waals surface area contributed by atoms with E-state index in [2.05, 4.69) is 16.6 Å². The molecule has 0 bridgehead atoms. The lowest BCUT2D eigenvalue weighted by Gasteiger charge is -2.13. The van der Waals surface area contributed by atoms with Crippen LogP contribution in [-0.4, -0.2) is 34.6 Å². The van der Waals surface area contributed by atoms with Gasteiger partial charge < -0.3 is 9.47 Å². The SMILES string of the molecule is C=CCN1C(=O)/C(=C/c2ccc(OCc3ccccc3Cl)c(OC)c2)SC1=Nc1ccncc1Cl. The molecule has 178 valence electrons. The maximum atomic E-state index is 13.1. The summed E-state index contributed by atoms with van der Waals surface area (Å²) >= 11 is 13.7. The Kier molecular flexibility index (Phi) is 8.13. The Hall–Kier alpha value is -3.26. The highest BCUT2D eigenvalue weighted by molar-refractivity contribution is 8.18. The molecule has 3 aromatic rings. The summed E-state index contributed by atoms with van der Waals surface area (Å²) in [5.41, 5.74) is 2.19. The van der Waals surface area contributed by atoms with Gasteiger partial charge in [-0.2, -0.15) is 0 Å². The van der Waals surface area contributed by atoms with Crippen molar-refractivity contribution in [3.63, 3.8) is 0 Å². The minimum absolute atomic E-state index is 0.170. The van der Waals surface area contributed by atoms with E-state index in [0.717, 1.165) is 11.1 Å². The molecule has 9 heteroatoms. The number of hydrogen-bond donors (Lipinski definition) is 0. The average molecular weight is 526 g/mol. The molecule has 2 aromatic carbocycles. The van der Waals surface area contributed by atoms with Crippen molar-refractivity contribution in [2.45, 2.75) is 6.61 Å². The van der Waals surface area contributed by atoms with Gasteiger partial charge in [0.05, 0.1) is 22.7 Å². The number of halogens is 2. The molecule has 4 rings (SSSR count). The van der Waals surface area contributed by atoms with Gasteiger partial charge in [-0.25, -0.2) is 4.99 Å². The minimum Gasteiger partial charge on any atom is -0.493 e. The summed E-state index contributed by atoms with van der Waals surface area (Å²) in [5, 5.41) is 1.56. The molecule has 0 spiro atoms. The van der Waals surface area contributed by atoms with E-state index in [-0.39, 0.29) is 5.91 Å². The van der Waals surface area contributed by atoms with Crippen LogP contribution < -0.4 is 9.47 Å². The molecule has 0 N–H and O–H groups in total. The second-order valence-corrected chi connectivity index (χ2v) is 9.15. The van der Waals surface area contributed by atoms with E-state index in [9.17, 15) is 4.79 Å². The van der Waals surface area contributed by atoms with Gasteiger partial charge in [-0.15, -0.1) is 6.58 Å². The Labute approximate surface area is 217 Å².